The average Bonchev–Trinajstić information content (AvgIpc) is 3.52. The highest BCUT2D eigenvalue weighted by atomic mass is 35.5. The third-order valence-corrected chi connectivity index (χ3v) is 8.90. The van der Waals surface area contributed by atoms with Gasteiger partial charge in [-0.2, -0.15) is 9.41 Å². The van der Waals surface area contributed by atoms with E-state index in [4.69, 9.17) is 37.1 Å². The van der Waals surface area contributed by atoms with Crippen LogP contribution in [0.25, 0.3) is 0 Å². The average molecular weight is 717 g/mol. The lowest BCUT2D eigenvalue weighted by Gasteiger charge is -2.22. The predicted molar refractivity (Wildman–Crippen MR) is 180 cm³/mol. The van der Waals surface area contributed by atoms with Crippen LogP contribution in [0.3, 0.4) is 0 Å². The Labute approximate surface area is 286 Å². The lowest BCUT2D eigenvalue weighted by atomic mass is 10.1. The Balaban J connectivity index is 1.35. The van der Waals surface area contributed by atoms with E-state index in [0.717, 1.165) is 9.87 Å². The van der Waals surface area contributed by atoms with Crippen molar-refractivity contribution >= 4 is 62.8 Å². The van der Waals surface area contributed by atoms with Gasteiger partial charge in [0.25, 0.3) is 5.91 Å². The number of methoxy groups -OCH3 is 2. The fourth-order valence-corrected chi connectivity index (χ4v) is 6.23. The molecule has 3 N–H and O–H groups in total. The highest BCUT2D eigenvalue weighted by Crippen LogP contribution is 2.30. The molecular formula is C32H31Cl2N5O8S. The van der Waals surface area contributed by atoms with E-state index in [-0.39, 0.29) is 35.2 Å². The van der Waals surface area contributed by atoms with Gasteiger partial charge in [-0.1, -0.05) is 53.5 Å². The molecular weight excluding hydrogens is 685 g/mol. The van der Waals surface area contributed by atoms with Crippen LogP contribution >= 0.6 is 23.2 Å². The van der Waals surface area contributed by atoms with Crippen LogP contribution in [-0.2, 0) is 37.4 Å². The lowest BCUT2D eigenvalue weighted by Crippen LogP contribution is -2.40. The second-order valence-corrected chi connectivity index (χ2v) is 12.8. The molecule has 252 valence electrons. The summed E-state index contributed by atoms with van der Waals surface area (Å²) in [4.78, 5) is 37.2. The molecule has 0 spiro atoms. The number of sulfonamides is 1. The summed E-state index contributed by atoms with van der Waals surface area (Å²) in [5.74, 6) is -1.47. The first-order valence-corrected chi connectivity index (χ1v) is 16.4. The van der Waals surface area contributed by atoms with Gasteiger partial charge in [0.15, 0.2) is 11.5 Å². The summed E-state index contributed by atoms with van der Waals surface area (Å²) in [6.07, 6.45) is 1.56. The van der Waals surface area contributed by atoms with Gasteiger partial charge in [0.05, 0.1) is 38.4 Å². The van der Waals surface area contributed by atoms with Crippen molar-refractivity contribution in [3.63, 3.8) is 0 Å². The third kappa shape index (κ3) is 10.1. The van der Waals surface area contributed by atoms with Crippen molar-refractivity contribution in [3.8, 4) is 11.5 Å². The van der Waals surface area contributed by atoms with Gasteiger partial charge in [0, 0.05) is 28.3 Å². The Morgan fingerprint density at radius 1 is 0.896 bits per heavy atom. The molecule has 4 aromatic rings. The van der Waals surface area contributed by atoms with Crippen molar-refractivity contribution in [2.75, 3.05) is 32.6 Å². The number of hydrogen-bond acceptors (Lipinski definition) is 9. The number of amides is 3. The summed E-state index contributed by atoms with van der Waals surface area (Å²) in [6.45, 7) is -0.636. The Hall–Kier alpha value is -4.89. The highest BCUT2D eigenvalue weighted by Gasteiger charge is 2.28. The Morgan fingerprint density at radius 3 is 2.29 bits per heavy atom. The first kappa shape index (κ1) is 36.0. The molecule has 4 rings (SSSR count). The molecule has 0 unspecified atom stereocenters. The van der Waals surface area contributed by atoms with Crippen molar-refractivity contribution in [1.29, 1.82) is 0 Å². The van der Waals surface area contributed by atoms with Gasteiger partial charge in [-0.3, -0.25) is 14.4 Å². The zero-order valence-electron chi connectivity index (χ0n) is 25.7. The largest absolute Gasteiger partial charge is 0.493 e. The number of carbonyl (C=O) groups is 3. The van der Waals surface area contributed by atoms with Crippen LogP contribution < -0.4 is 25.5 Å². The van der Waals surface area contributed by atoms with E-state index in [2.05, 4.69) is 21.2 Å². The maximum absolute atomic E-state index is 13.7. The van der Waals surface area contributed by atoms with E-state index in [9.17, 15) is 22.8 Å². The molecule has 0 aliphatic heterocycles. The van der Waals surface area contributed by atoms with Gasteiger partial charge in [0.2, 0.25) is 10.0 Å². The molecule has 13 nitrogen and oxygen atoms in total. The molecule has 3 aromatic carbocycles. The molecule has 0 saturated carbocycles. The maximum atomic E-state index is 13.7. The number of nitrogens with one attached hydrogen (secondary N) is 3. The van der Waals surface area contributed by atoms with Crippen molar-refractivity contribution in [2.45, 2.75) is 17.9 Å². The number of carbonyl (C=O) groups excluding carboxylic acids is 3. The zero-order valence-corrected chi connectivity index (χ0v) is 28.1. The Bertz CT molecular complexity index is 1880. The number of anilines is 1. The number of benzene rings is 3. The monoisotopic (exact) mass is 715 g/mol. The fraction of sp³-hybridized carbons (Fsp3) is 0.188. The van der Waals surface area contributed by atoms with E-state index in [1.54, 1.807) is 6.07 Å². The second kappa shape index (κ2) is 16.8. The summed E-state index contributed by atoms with van der Waals surface area (Å²) in [7, 11) is -1.32. The van der Waals surface area contributed by atoms with Crippen molar-refractivity contribution in [1.82, 2.24) is 15.0 Å². The molecule has 0 aliphatic carbocycles. The van der Waals surface area contributed by atoms with Gasteiger partial charge >= 0.3 is 11.8 Å². The lowest BCUT2D eigenvalue weighted by molar-refractivity contribution is -0.136. The number of hydrazone groups is 1. The Kier molecular flexibility index (Phi) is 12.6. The number of furan rings is 1. The van der Waals surface area contributed by atoms with Crippen LogP contribution in [0.15, 0.2) is 93.3 Å². The summed E-state index contributed by atoms with van der Waals surface area (Å²) >= 11 is 11.8. The van der Waals surface area contributed by atoms with Crippen LogP contribution in [0.1, 0.15) is 17.1 Å². The zero-order chi connectivity index (χ0) is 34.7. The van der Waals surface area contributed by atoms with Crippen LogP contribution in [0.2, 0.25) is 10.0 Å². The molecule has 1 aromatic heterocycles. The fourth-order valence-electron chi connectivity index (χ4n) is 4.29. The molecule has 0 radical (unpaired) electrons. The second-order valence-electron chi connectivity index (χ2n) is 9.98. The molecule has 0 atom stereocenters. The van der Waals surface area contributed by atoms with Gasteiger partial charge in [-0.05, 0) is 54.4 Å². The topological polar surface area (TPSA) is 169 Å². The number of ether oxygens (including phenoxy) is 2. The normalized spacial score (nSPS) is 11.4. The standard InChI is InChI=1S/C32H31Cl2N5O8S/c1-45-28-11-10-27(17-29(28)46-2)48(43,44)39(13-12-21-6-4-3-5-7-21)20-30(40)38-36-19-26-9-8-25(47-26)18-35-31(41)32(42)37-24-15-22(33)14-23(34)16-24/h3-11,14-17,19H,12-13,18,20H2,1-2H3,(H,35,41)(H,37,42)(H,38,40)/b36-19-. The van der Waals surface area contributed by atoms with E-state index < -0.39 is 34.3 Å². The molecule has 16 heteroatoms. The molecule has 0 aliphatic rings. The van der Waals surface area contributed by atoms with Gasteiger partial charge in [-0.15, -0.1) is 0 Å². The number of nitrogens with zero attached hydrogens (tertiary/aromatic N) is 2. The van der Waals surface area contributed by atoms with Crippen LogP contribution in [-0.4, -0.2) is 64.0 Å². The predicted octanol–water partition coefficient (Wildman–Crippen LogP) is 4.24. The summed E-state index contributed by atoms with van der Waals surface area (Å²) in [6, 6.07) is 20.9. The molecule has 0 bridgehead atoms. The van der Waals surface area contributed by atoms with Crippen molar-refractivity contribution in [2.24, 2.45) is 5.10 Å². The number of halogens is 2. The molecule has 1 heterocycles. The van der Waals surface area contributed by atoms with E-state index in [0.29, 0.717) is 28.0 Å². The number of rotatable bonds is 14. The first-order valence-electron chi connectivity index (χ1n) is 14.2. The summed E-state index contributed by atoms with van der Waals surface area (Å²) in [5, 5.41) is 9.27. The van der Waals surface area contributed by atoms with Gasteiger partial charge < -0.3 is 24.5 Å². The highest BCUT2D eigenvalue weighted by molar-refractivity contribution is 7.89. The van der Waals surface area contributed by atoms with E-state index in [1.165, 1.54) is 62.9 Å². The third-order valence-electron chi connectivity index (χ3n) is 6.62. The molecule has 48 heavy (non-hydrogen) atoms. The van der Waals surface area contributed by atoms with Gasteiger partial charge in [-0.25, -0.2) is 13.8 Å². The van der Waals surface area contributed by atoms with Crippen molar-refractivity contribution < 1.29 is 36.7 Å². The minimum absolute atomic E-state index is 0.00987. The van der Waals surface area contributed by atoms with Gasteiger partial charge in [0.1, 0.15) is 11.5 Å². The van der Waals surface area contributed by atoms with Crippen LogP contribution in [0.5, 0.6) is 11.5 Å². The molecule has 3 amide bonds. The van der Waals surface area contributed by atoms with Crippen molar-refractivity contribution in [3.05, 3.63) is 106 Å². The van der Waals surface area contributed by atoms with Crippen LogP contribution in [0.4, 0.5) is 5.69 Å². The smallest absolute Gasteiger partial charge is 0.313 e. The minimum atomic E-state index is -4.15. The van der Waals surface area contributed by atoms with E-state index in [1.807, 2.05) is 30.3 Å². The molecule has 0 fully saturated rings. The first-order chi connectivity index (χ1) is 23.0. The quantitative estimate of drug-likeness (QED) is 0.0990. The van der Waals surface area contributed by atoms with Crippen LogP contribution in [0, 0.1) is 0 Å². The van der Waals surface area contributed by atoms with E-state index >= 15 is 0 Å². The number of hydrogen-bond donors (Lipinski definition) is 3. The summed E-state index contributed by atoms with van der Waals surface area (Å²) < 4.78 is 44.4. The summed E-state index contributed by atoms with van der Waals surface area (Å²) in [5.41, 5.74) is 3.45. The molecule has 0 saturated heterocycles. The Morgan fingerprint density at radius 2 is 1.60 bits per heavy atom. The minimum Gasteiger partial charge on any atom is -0.493 e. The maximum Gasteiger partial charge on any atom is 0.313 e. The SMILES string of the molecule is COc1ccc(S(=O)(=O)N(CCc2ccccc2)CC(=O)N/N=C\c2ccc(CNC(=O)C(=O)Nc3cc(Cl)cc(Cl)c3)o2)cc1OC.